The molecule has 5 aromatic rings. The molecule has 2 aromatic heterocycles. The first-order valence-electron chi connectivity index (χ1n) is 12.7. The summed E-state index contributed by atoms with van der Waals surface area (Å²) in [6.07, 6.45) is -1.09. The molecule has 4 atom stereocenters. The number of hydrogen-bond acceptors (Lipinski definition) is 8. The summed E-state index contributed by atoms with van der Waals surface area (Å²) in [5.41, 5.74) is 2.73. The Morgan fingerprint density at radius 1 is 0.949 bits per heavy atom. The van der Waals surface area contributed by atoms with Gasteiger partial charge in [0.2, 0.25) is 0 Å². The number of anilines is 1. The first-order chi connectivity index (χ1) is 19.0. The number of ether oxygens (including phenoxy) is 2. The summed E-state index contributed by atoms with van der Waals surface area (Å²) >= 11 is 0. The van der Waals surface area contributed by atoms with Gasteiger partial charge in [0.05, 0.1) is 19.5 Å². The average Bonchev–Trinajstić information content (AvgIpc) is 3.49. The number of benzene rings is 3. The standard InChI is InChI=1S/C29H28FN5O4/c1-34(13-18-5-4-8-22(30)12-18)27-24-28(32-16-31-27)35(17-33-24)29-26(37)25(36)23(39-29)15-38-14-19-9-10-20-6-2-3-7-21(20)11-19/h2-12,16-17,23,25-26,29,36-37H,13-15H2,1H3/t23?,25-,26-,29-/m1/s1. The fraction of sp³-hybridized carbons (Fsp3) is 0.276. The smallest absolute Gasteiger partial charge is 0.167 e. The van der Waals surface area contributed by atoms with Gasteiger partial charge in [0.1, 0.15) is 30.5 Å². The Labute approximate surface area is 224 Å². The lowest BCUT2D eigenvalue weighted by atomic mass is 10.1. The van der Waals surface area contributed by atoms with E-state index in [1.807, 2.05) is 48.3 Å². The minimum atomic E-state index is -1.21. The Kier molecular flexibility index (Phi) is 6.92. The molecule has 6 rings (SSSR count). The van der Waals surface area contributed by atoms with Crippen LogP contribution in [0.5, 0.6) is 0 Å². The molecule has 0 saturated carbocycles. The van der Waals surface area contributed by atoms with Crippen LogP contribution in [0.15, 0.2) is 79.4 Å². The Bertz CT molecular complexity index is 1610. The maximum Gasteiger partial charge on any atom is 0.167 e. The van der Waals surface area contributed by atoms with Crippen LogP contribution in [0.25, 0.3) is 21.9 Å². The maximum absolute atomic E-state index is 13.6. The van der Waals surface area contributed by atoms with Gasteiger partial charge >= 0.3 is 0 Å². The predicted molar refractivity (Wildman–Crippen MR) is 143 cm³/mol. The molecular formula is C29H28FN5O4. The topological polar surface area (TPSA) is 106 Å². The van der Waals surface area contributed by atoms with Crippen LogP contribution in [0.2, 0.25) is 0 Å². The van der Waals surface area contributed by atoms with Crippen LogP contribution < -0.4 is 4.90 Å². The van der Waals surface area contributed by atoms with Gasteiger partial charge in [-0.2, -0.15) is 0 Å². The third-order valence-electron chi connectivity index (χ3n) is 6.99. The van der Waals surface area contributed by atoms with Crippen molar-refractivity contribution >= 4 is 27.8 Å². The number of aromatic nitrogens is 4. The van der Waals surface area contributed by atoms with Gasteiger partial charge < -0.3 is 24.6 Å². The molecular weight excluding hydrogens is 501 g/mol. The second-order valence-corrected chi connectivity index (χ2v) is 9.75. The van der Waals surface area contributed by atoms with Crippen molar-refractivity contribution in [3.63, 3.8) is 0 Å². The van der Waals surface area contributed by atoms with Gasteiger partial charge in [-0.15, -0.1) is 0 Å². The summed E-state index contributed by atoms with van der Waals surface area (Å²) in [5, 5.41) is 23.8. The number of aliphatic hydroxyl groups is 2. The summed E-state index contributed by atoms with van der Waals surface area (Å²) in [7, 11) is 1.83. The van der Waals surface area contributed by atoms with E-state index in [1.165, 1.54) is 24.8 Å². The molecule has 200 valence electrons. The number of halogens is 1. The predicted octanol–water partition coefficient (Wildman–Crippen LogP) is 3.59. The molecule has 39 heavy (non-hydrogen) atoms. The molecule has 3 aromatic carbocycles. The summed E-state index contributed by atoms with van der Waals surface area (Å²) in [5.74, 6) is 0.242. The molecule has 9 nitrogen and oxygen atoms in total. The van der Waals surface area contributed by atoms with Crippen molar-refractivity contribution in [1.29, 1.82) is 0 Å². The Hall–Kier alpha value is -3.96. The second-order valence-electron chi connectivity index (χ2n) is 9.75. The zero-order valence-corrected chi connectivity index (χ0v) is 21.3. The average molecular weight is 530 g/mol. The number of nitrogens with zero attached hydrogens (tertiary/aromatic N) is 5. The van der Waals surface area contributed by atoms with Crippen LogP contribution in [0.4, 0.5) is 10.2 Å². The molecule has 3 heterocycles. The SMILES string of the molecule is CN(Cc1cccc(F)c1)c1ncnc2c1ncn2[C@@H]1OC(COCc2ccc3ccccc3c2)[C@@H](O)[C@H]1O. The third kappa shape index (κ3) is 5.07. The number of hydrogen-bond donors (Lipinski definition) is 2. The van der Waals surface area contributed by atoms with Crippen molar-refractivity contribution < 1.29 is 24.1 Å². The summed E-state index contributed by atoms with van der Waals surface area (Å²) in [4.78, 5) is 15.1. The van der Waals surface area contributed by atoms with Gasteiger partial charge in [-0.25, -0.2) is 19.3 Å². The minimum Gasteiger partial charge on any atom is -0.387 e. The molecule has 1 fully saturated rings. The van der Waals surface area contributed by atoms with Gasteiger partial charge in [-0.3, -0.25) is 4.57 Å². The molecule has 0 aliphatic carbocycles. The van der Waals surface area contributed by atoms with Crippen molar-refractivity contribution in [2.45, 2.75) is 37.7 Å². The molecule has 2 N–H and O–H groups in total. The highest BCUT2D eigenvalue weighted by atomic mass is 19.1. The van der Waals surface area contributed by atoms with E-state index in [-0.39, 0.29) is 12.4 Å². The lowest BCUT2D eigenvalue weighted by molar-refractivity contribution is -0.0682. The van der Waals surface area contributed by atoms with Crippen molar-refractivity contribution in [2.75, 3.05) is 18.6 Å². The normalized spacial score (nSPS) is 21.1. The van der Waals surface area contributed by atoms with Crippen molar-refractivity contribution in [2.24, 2.45) is 0 Å². The molecule has 1 unspecified atom stereocenters. The number of fused-ring (bicyclic) bond motifs is 2. The highest BCUT2D eigenvalue weighted by Gasteiger charge is 2.44. The Morgan fingerprint density at radius 3 is 2.64 bits per heavy atom. The molecule has 0 radical (unpaired) electrons. The van der Waals surface area contributed by atoms with Crippen molar-refractivity contribution in [1.82, 2.24) is 19.5 Å². The van der Waals surface area contributed by atoms with Gasteiger partial charge in [0.25, 0.3) is 0 Å². The van der Waals surface area contributed by atoms with Crippen LogP contribution >= 0.6 is 0 Å². The lowest BCUT2D eigenvalue weighted by Crippen LogP contribution is -2.33. The van der Waals surface area contributed by atoms with E-state index >= 15 is 0 Å². The third-order valence-corrected chi connectivity index (χ3v) is 6.99. The molecule has 10 heteroatoms. The summed E-state index contributed by atoms with van der Waals surface area (Å²) in [6.45, 7) is 0.861. The van der Waals surface area contributed by atoms with Crippen LogP contribution in [-0.4, -0.2) is 61.7 Å². The van der Waals surface area contributed by atoms with Gasteiger partial charge in [0.15, 0.2) is 23.2 Å². The zero-order valence-electron chi connectivity index (χ0n) is 21.3. The summed E-state index contributed by atoms with van der Waals surface area (Å²) < 4.78 is 27.1. The molecule has 1 saturated heterocycles. The van der Waals surface area contributed by atoms with E-state index in [0.717, 1.165) is 21.9 Å². The van der Waals surface area contributed by atoms with Crippen molar-refractivity contribution in [3.05, 3.63) is 96.3 Å². The Morgan fingerprint density at radius 2 is 1.79 bits per heavy atom. The van der Waals surface area contributed by atoms with E-state index in [9.17, 15) is 14.6 Å². The highest BCUT2D eigenvalue weighted by Crippen LogP contribution is 2.33. The van der Waals surface area contributed by atoms with Crippen LogP contribution in [0, 0.1) is 5.82 Å². The van der Waals surface area contributed by atoms with E-state index < -0.39 is 24.5 Å². The van der Waals surface area contributed by atoms with E-state index in [0.29, 0.717) is 30.1 Å². The molecule has 0 spiro atoms. The molecule has 0 bridgehead atoms. The number of imidazole rings is 1. The zero-order chi connectivity index (χ0) is 26.9. The molecule has 1 aliphatic rings. The van der Waals surface area contributed by atoms with Crippen LogP contribution in [-0.2, 0) is 22.6 Å². The fourth-order valence-electron chi connectivity index (χ4n) is 5.01. The lowest BCUT2D eigenvalue weighted by Gasteiger charge is -2.19. The van der Waals surface area contributed by atoms with Crippen LogP contribution in [0.3, 0.4) is 0 Å². The first-order valence-corrected chi connectivity index (χ1v) is 12.7. The van der Waals surface area contributed by atoms with E-state index in [1.54, 1.807) is 10.6 Å². The second kappa shape index (κ2) is 10.7. The minimum absolute atomic E-state index is 0.102. The van der Waals surface area contributed by atoms with Crippen molar-refractivity contribution in [3.8, 4) is 0 Å². The first kappa shape index (κ1) is 25.3. The van der Waals surface area contributed by atoms with Crippen LogP contribution in [0.1, 0.15) is 17.4 Å². The summed E-state index contributed by atoms with van der Waals surface area (Å²) in [6, 6.07) is 20.6. The van der Waals surface area contributed by atoms with E-state index in [4.69, 9.17) is 9.47 Å². The number of aliphatic hydroxyl groups excluding tert-OH is 2. The monoisotopic (exact) mass is 529 g/mol. The van der Waals surface area contributed by atoms with Gasteiger partial charge in [0, 0.05) is 13.6 Å². The quantitative estimate of drug-likeness (QED) is 0.314. The fourth-order valence-corrected chi connectivity index (χ4v) is 5.01. The maximum atomic E-state index is 13.6. The van der Waals surface area contributed by atoms with Gasteiger partial charge in [-0.1, -0.05) is 48.5 Å². The Balaban J connectivity index is 1.15. The molecule has 1 aliphatic heterocycles. The molecule has 0 amide bonds. The largest absolute Gasteiger partial charge is 0.387 e. The number of rotatable bonds is 8. The highest BCUT2D eigenvalue weighted by molar-refractivity contribution is 5.83. The van der Waals surface area contributed by atoms with E-state index in [2.05, 4.69) is 27.1 Å². The van der Waals surface area contributed by atoms with Gasteiger partial charge in [-0.05, 0) is 40.1 Å².